The highest BCUT2D eigenvalue weighted by Gasteiger charge is 2.34. The number of hydrogen-bond acceptors (Lipinski definition) is 5. The Morgan fingerprint density at radius 2 is 2.00 bits per heavy atom. The first-order chi connectivity index (χ1) is 10.1. The van der Waals surface area contributed by atoms with Crippen molar-refractivity contribution >= 4 is 44.9 Å². The van der Waals surface area contributed by atoms with Gasteiger partial charge in [-0.1, -0.05) is 15.9 Å². The molecule has 0 aromatic heterocycles. The molecule has 1 N–H and O–H groups in total. The van der Waals surface area contributed by atoms with Crippen molar-refractivity contribution in [1.29, 1.82) is 0 Å². The number of benzene rings is 1. The largest absolute Gasteiger partial charge is 0.573 e. The molecule has 0 spiro atoms. The standard InChI is InChI=1S/C12H7BrF3NO4S/c1-17-10(19)9(22-11(17)20)3-5-2-8(21-12(14,15)16)7(18)4-6(5)13/h2-4,18H,1H3/b9-3-. The van der Waals surface area contributed by atoms with Crippen molar-refractivity contribution < 1.29 is 32.6 Å². The third kappa shape index (κ3) is 3.55. The van der Waals surface area contributed by atoms with E-state index in [4.69, 9.17) is 0 Å². The molecule has 0 saturated carbocycles. The lowest BCUT2D eigenvalue weighted by atomic mass is 10.2. The predicted molar refractivity (Wildman–Crippen MR) is 76.2 cm³/mol. The third-order valence-corrected chi connectivity index (χ3v) is 4.22. The monoisotopic (exact) mass is 397 g/mol. The lowest BCUT2D eigenvalue weighted by molar-refractivity contribution is -0.275. The summed E-state index contributed by atoms with van der Waals surface area (Å²) in [6.45, 7) is 0. The third-order valence-electron chi connectivity index (χ3n) is 2.58. The van der Waals surface area contributed by atoms with Gasteiger partial charge in [-0.2, -0.15) is 0 Å². The zero-order valence-electron chi connectivity index (χ0n) is 10.8. The molecule has 118 valence electrons. The summed E-state index contributed by atoms with van der Waals surface area (Å²) in [6, 6.07) is 1.92. The molecule has 1 fully saturated rings. The molecule has 10 heteroatoms. The van der Waals surface area contributed by atoms with Crippen molar-refractivity contribution in [1.82, 2.24) is 4.90 Å². The molecule has 1 aliphatic heterocycles. The molecular formula is C12H7BrF3NO4S. The molecular weight excluding hydrogens is 391 g/mol. The van der Waals surface area contributed by atoms with E-state index in [2.05, 4.69) is 20.7 Å². The maximum absolute atomic E-state index is 12.3. The number of imide groups is 1. The van der Waals surface area contributed by atoms with Crippen LogP contribution in [0.1, 0.15) is 5.56 Å². The molecule has 2 amide bonds. The summed E-state index contributed by atoms with van der Waals surface area (Å²) in [5, 5.41) is 8.98. The number of hydrogen-bond donors (Lipinski definition) is 1. The number of amides is 2. The van der Waals surface area contributed by atoms with Gasteiger partial charge < -0.3 is 9.84 Å². The average Bonchev–Trinajstić information content (AvgIpc) is 2.61. The van der Waals surface area contributed by atoms with Gasteiger partial charge in [0.25, 0.3) is 11.1 Å². The van der Waals surface area contributed by atoms with E-state index in [-0.39, 0.29) is 14.9 Å². The van der Waals surface area contributed by atoms with Gasteiger partial charge in [0.1, 0.15) is 0 Å². The van der Waals surface area contributed by atoms with Gasteiger partial charge in [-0.3, -0.25) is 14.5 Å². The van der Waals surface area contributed by atoms with Crippen molar-refractivity contribution in [3.63, 3.8) is 0 Å². The minimum atomic E-state index is -4.97. The molecule has 0 bridgehead atoms. The van der Waals surface area contributed by atoms with Gasteiger partial charge >= 0.3 is 6.36 Å². The Morgan fingerprint density at radius 1 is 1.36 bits per heavy atom. The van der Waals surface area contributed by atoms with E-state index in [0.29, 0.717) is 11.8 Å². The van der Waals surface area contributed by atoms with Gasteiger partial charge in [0.05, 0.1) is 4.91 Å². The lowest BCUT2D eigenvalue weighted by Gasteiger charge is -2.12. The quantitative estimate of drug-likeness (QED) is 0.770. The van der Waals surface area contributed by atoms with E-state index in [1.807, 2.05) is 0 Å². The van der Waals surface area contributed by atoms with Crippen molar-refractivity contribution in [2.24, 2.45) is 0 Å². The number of halogens is 4. The van der Waals surface area contributed by atoms with Gasteiger partial charge in [0.2, 0.25) is 0 Å². The van der Waals surface area contributed by atoms with Crippen molar-refractivity contribution in [3.8, 4) is 11.5 Å². The molecule has 1 heterocycles. The number of nitrogens with zero attached hydrogens (tertiary/aromatic N) is 1. The Labute approximate surface area is 134 Å². The zero-order valence-corrected chi connectivity index (χ0v) is 13.2. The number of thioether (sulfide) groups is 1. The Bertz CT molecular complexity index is 690. The van der Waals surface area contributed by atoms with Crippen LogP contribution in [0.3, 0.4) is 0 Å². The van der Waals surface area contributed by atoms with Gasteiger partial charge in [-0.05, 0) is 35.5 Å². The van der Waals surface area contributed by atoms with Crippen molar-refractivity contribution in [2.45, 2.75) is 6.36 Å². The first-order valence-electron chi connectivity index (χ1n) is 5.58. The SMILES string of the molecule is CN1C(=O)S/C(=C\c2cc(OC(F)(F)F)c(O)cc2Br)C1=O. The second-order valence-electron chi connectivity index (χ2n) is 4.13. The maximum atomic E-state index is 12.3. The molecule has 1 aromatic rings. The fraction of sp³-hybridized carbons (Fsp3) is 0.167. The van der Waals surface area contributed by atoms with E-state index in [1.54, 1.807) is 0 Å². The lowest BCUT2D eigenvalue weighted by Crippen LogP contribution is -2.22. The molecule has 0 aliphatic carbocycles. The number of likely N-dealkylation sites (N-methyl/N-ethyl adjacent to an activating group) is 1. The van der Waals surface area contributed by atoms with E-state index in [9.17, 15) is 27.9 Å². The minimum absolute atomic E-state index is 0.0526. The number of phenols is 1. The van der Waals surface area contributed by atoms with Crippen LogP contribution < -0.4 is 4.74 Å². The Balaban J connectivity index is 2.42. The second kappa shape index (κ2) is 5.84. The molecule has 22 heavy (non-hydrogen) atoms. The molecule has 0 atom stereocenters. The molecule has 5 nitrogen and oxygen atoms in total. The average molecular weight is 398 g/mol. The van der Waals surface area contributed by atoms with Gasteiger partial charge in [0, 0.05) is 11.5 Å². The highest BCUT2D eigenvalue weighted by atomic mass is 79.9. The van der Waals surface area contributed by atoms with Gasteiger partial charge in [-0.25, -0.2) is 0 Å². The number of phenolic OH excluding ortho intramolecular Hbond substituents is 1. The molecule has 1 saturated heterocycles. The summed E-state index contributed by atoms with van der Waals surface area (Å²) in [5.74, 6) is -2.09. The molecule has 1 aliphatic rings. The molecule has 0 unspecified atom stereocenters. The summed E-state index contributed by atoms with van der Waals surface area (Å²) < 4.78 is 40.7. The minimum Gasteiger partial charge on any atom is -0.504 e. The highest BCUT2D eigenvalue weighted by Crippen LogP contribution is 2.38. The van der Waals surface area contributed by atoms with Crippen LogP contribution in [0.15, 0.2) is 21.5 Å². The van der Waals surface area contributed by atoms with Crippen LogP contribution in [-0.2, 0) is 4.79 Å². The Hall–Kier alpha value is -1.68. The van der Waals surface area contributed by atoms with Gasteiger partial charge in [0.15, 0.2) is 11.5 Å². The number of rotatable bonds is 2. The van der Waals surface area contributed by atoms with Gasteiger partial charge in [-0.15, -0.1) is 13.2 Å². The van der Waals surface area contributed by atoms with Crippen LogP contribution in [0.5, 0.6) is 11.5 Å². The summed E-state index contributed by atoms with van der Waals surface area (Å²) >= 11 is 3.72. The fourth-order valence-electron chi connectivity index (χ4n) is 1.56. The van der Waals surface area contributed by atoms with Crippen LogP contribution >= 0.6 is 27.7 Å². The number of aromatic hydroxyl groups is 1. The summed E-state index contributed by atoms with van der Waals surface area (Å²) in [4.78, 5) is 24.1. The highest BCUT2D eigenvalue weighted by molar-refractivity contribution is 9.10. The van der Waals surface area contributed by atoms with Crippen LogP contribution in [0.2, 0.25) is 0 Å². The first-order valence-corrected chi connectivity index (χ1v) is 7.19. The van der Waals surface area contributed by atoms with Crippen LogP contribution in [-0.4, -0.2) is 34.6 Å². The van der Waals surface area contributed by atoms with Crippen LogP contribution in [0.25, 0.3) is 6.08 Å². The van der Waals surface area contributed by atoms with E-state index >= 15 is 0 Å². The fourth-order valence-corrected chi connectivity index (χ4v) is 2.83. The summed E-state index contributed by atoms with van der Waals surface area (Å²) in [5.41, 5.74) is 0.149. The van der Waals surface area contributed by atoms with Crippen LogP contribution in [0.4, 0.5) is 18.0 Å². The van der Waals surface area contributed by atoms with E-state index < -0.39 is 29.0 Å². The summed E-state index contributed by atoms with van der Waals surface area (Å²) in [6.07, 6.45) is -3.73. The maximum Gasteiger partial charge on any atom is 0.573 e. The zero-order chi connectivity index (χ0) is 16.7. The number of alkyl halides is 3. The summed E-state index contributed by atoms with van der Waals surface area (Å²) in [7, 11) is 1.29. The second-order valence-corrected chi connectivity index (χ2v) is 5.98. The van der Waals surface area contributed by atoms with E-state index in [0.717, 1.165) is 17.0 Å². The smallest absolute Gasteiger partial charge is 0.504 e. The first kappa shape index (κ1) is 16.7. The van der Waals surface area contributed by atoms with Crippen molar-refractivity contribution in [2.75, 3.05) is 7.05 Å². The molecule has 2 rings (SSSR count). The Kier molecular flexibility index (Phi) is 4.43. The Morgan fingerprint density at radius 3 is 2.50 bits per heavy atom. The number of carbonyl (C=O) groups excluding carboxylic acids is 2. The molecule has 1 aromatic carbocycles. The molecule has 0 radical (unpaired) electrons. The van der Waals surface area contributed by atoms with Crippen LogP contribution in [0, 0.1) is 0 Å². The number of carbonyl (C=O) groups is 2. The number of ether oxygens (including phenoxy) is 1. The van der Waals surface area contributed by atoms with Crippen molar-refractivity contribution in [3.05, 3.63) is 27.1 Å². The normalized spacial score (nSPS) is 17.5. The van der Waals surface area contributed by atoms with E-state index in [1.165, 1.54) is 13.1 Å². The predicted octanol–water partition coefficient (Wildman–Crippen LogP) is 3.72. The topological polar surface area (TPSA) is 66.8 Å².